The molecule has 2 N–H and O–H groups in total. The number of aromatic nitrogens is 4. The van der Waals surface area contributed by atoms with Crippen molar-refractivity contribution >= 4 is 0 Å². The van der Waals surface area contributed by atoms with Gasteiger partial charge in [-0.1, -0.05) is 18.5 Å². The summed E-state index contributed by atoms with van der Waals surface area (Å²) >= 11 is 0. The molecule has 0 fully saturated rings. The molecule has 2 heterocycles. The first-order valence-electron chi connectivity index (χ1n) is 6.74. The van der Waals surface area contributed by atoms with Gasteiger partial charge in [-0.15, -0.1) is 0 Å². The molecule has 0 radical (unpaired) electrons. The number of aryl methyl sites for hydroxylation is 2. The number of nitrogens with zero attached hydrogens (tertiary/aromatic N) is 4. The minimum Gasteiger partial charge on any atom is -0.339 e. The van der Waals surface area contributed by atoms with Crippen LogP contribution in [-0.4, -0.2) is 26.5 Å². The second-order valence-electron chi connectivity index (χ2n) is 4.80. The third kappa shape index (κ3) is 3.64. The summed E-state index contributed by atoms with van der Waals surface area (Å²) in [5.41, 5.74) is 6.48. The molecular weight excluding hydrogens is 242 g/mol. The van der Waals surface area contributed by atoms with E-state index in [9.17, 15) is 0 Å². The molecule has 0 saturated carbocycles. The van der Waals surface area contributed by atoms with Crippen LogP contribution in [0.3, 0.4) is 0 Å². The van der Waals surface area contributed by atoms with Crippen LogP contribution in [0.4, 0.5) is 0 Å². The summed E-state index contributed by atoms with van der Waals surface area (Å²) in [5, 5.41) is 8.08. The second kappa shape index (κ2) is 6.47. The van der Waals surface area contributed by atoms with E-state index in [0.29, 0.717) is 17.6 Å². The summed E-state index contributed by atoms with van der Waals surface area (Å²) in [5.74, 6) is 1.93. The van der Waals surface area contributed by atoms with Gasteiger partial charge >= 0.3 is 0 Å². The van der Waals surface area contributed by atoms with Gasteiger partial charge in [0.1, 0.15) is 0 Å². The maximum absolute atomic E-state index is 5.60. The van der Waals surface area contributed by atoms with Crippen molar-refractivity contribution < 1.29 is 4.52 Å². The molecule has 104 valence electrons. The van der Waals surface area contributed by atoms with E-state index in [4.69, 9.17) is 10.3 Å². The Kier molecular flexibility index (Phi) is 4.68. The predicted octanol–water partition coefficient (Wildman–Crippen LogP) is 1.78. The van der Waals surface area contributed by atoms with Gasteiger partial charge in [0.25, 0.3) is 0 Å². The van der Waals surface area contributed by atoms with Gasteiger partial charge in [0.05, 0.1) is 11.8 Å². The van der Waals surface area contributed by atoms with Gasteiger partial charge in [-0.05, 0) is 25.3 Å². The zero-order valence-corrected chi connectivity index (χ0v) is 11.5. The van der Waals surface area contributed by atoms with Crippen molar-refractivity contribution in [3.05, 3.63) is 18.3 Å². The summed E-state index contributed by atoms with van der Waals surface area (Å²) in [6.45, 7) is 2.93. The molecule has 1 atom stereocenters. The molecule has 0 saturated heterocycles. The van der Waals surface area contributed by atoms with Gasteiger partial charge in [-0.25, -0.2) is 0 Å². The van der Waals surface area contributed by atoms with E-state index in [1.165, 1.54) is 0 Å². The lowest BCUT2D eigenvalue weighted by atomic mass is 9.97. The number of hydrogen-bond donors (Lipinski definition) is 1. The lowest BCUT2D eigenvalue weighted by Gasteiger charge is -2.11. The smallest absolute Gasteiger partial charge is 0.226 e. The summed E-state index contributed by atoms with van der Waals surface area (Å²) in [6, 6.07) is 0. The van der Waals surface area contributed by atoms with Crippen molar-refractivity contribution in [1.29, 1.82) is 0 Å². The number of nitrogens with two attached hydrogens (primary N) is 1. The maximum Gasteiger partial charge on any atom is 0.226 e. The van der Waals surface area contributed by atoms with Crippen LogP contribution in [0.2, 0.25) is 0 Å². The molecule has 0 aliphatic rings. The van der Waals surface area contributed by atoms with Gasteiger partial charge in [-0.3, -0.25) is 4.68 Å². The maximum atomic E-state index is 5.60. The van der Waals surface area contributed by atoms with E-state index in [-0.39, 0.29) is 0 Å². The van der Waals surface area contributed by atoms with Crippen molar-refractivity contribution in [3.8, 4) is 11.4 Å². The first-order valence-corrected chi connectivity index (χ1v) is 6.74. The molecule has 0 aromatic carbocycles. The first kappa shape index (κ1) is 13.7. The highest BCUT2D eigenvalue weighted by Gasteiger charge is 2.12. The zero-order valence-electron chi connectivity index (χ0n) is 11.5. The molecule has 19 heavy (non-hydrogen) atoms. The summed E-state index contributed by atoms with van der Waals surface area (Å²) in [4.78, 5) is 4.40. The van der Waals surface area contributed by atoms with Gasteiger partial charge in [0, 0.05) is 19.7 Å². The molecule has 1 unspecified atom stereocenters. The minimum absolute atomic E-state index is 0.606. The van der Waals surface area contributed by atoms with E-state index in [1.54, 1.807) is 10.9 Å². The van der Waals surface area contributed by atoms with Crippen molar-refractivity contribution in [2.75, 3.05) is 6.54 Å². The van der Waals surface area contributed by atoms with Crippen LogP contribution >= 0.6 is 0 Å². The number of rotatable bonds is 7. The fourth-order valence-electron chi connectivity index (χ4n) is 2.13. The molecule has 0 amide bonds. The molecule has 0 spiro atoms. The summed E-state index contributed by atoms with van der Waals surface area (Å²) < 4.78 is 6.99. The number of hydrogen-bond acceptors (Lipinski definition) is 5. The standard InChI is InChI=1S/C13H21N5O/c1-3-10(6-7-14)4-5-12-16-13(17-19-12)11-8-15-18(2)9-11/h8-10H,3-7,14H2,1-2H3. The van der Waals surface area contributed by atoms with Gasteiger partial charge in [0.15, 0.2) is 0 Å². The monoisotopic (exact) mass is 263 g/mol. The Morgan fingerprint density at radius 3 is 2.89 bits per heavy atom. The van der Waals surface area contributed by atoms with Crippen LogP contribution in [0.15, 0.2) is 16.9 Å². The Labute approximate surface area is 113 Å². The molecule has 0 aliphatic heterocycles. The molecule has 0 aliphatic carbocycles. The largest absolute Gasteiger partial charge is 0.339 e. The Bertz CT molecular complexity index is 505. The van der Waals surface area contributed by atoms with Gasteiger partial charge in [-0.2, -0.15) is 10.1 Å². The topological polar surface area (TPSA) is 82.8 Å². The van der Waals surface area contributed by atoms with E-state index in [0.717, 1.165) is 37.8 Å². The quantitative estimate of drug-likeness (QED) is 0.823. The minimum atomic E-state index is 0.606. The van der Waals surface area contributed by atoms with Gasteiger partial charge in [0.2, 0.25) is 11.7 Å². The van der Waals surface area contributed by atoms with Crippen LogP contribution in [0.1, 0.15) is 32.1 Å². The zero-order chi connectivity index (χ0) is 13.7. The molecule has 6 heteroatoms. The predicted molar refractivity (Wildman–Crippen MR) is 72.3 cm³/mol. The lowest BCUT2D eigenvalue weighted by Crippen LogP contribution is -2.09. The summed E-state index contributed by atoms with van der Waals surface area (Å²) in [6.07, 6.45) is 7.66. The highest BCUT2D eigenvalue weighted by Crippen LogP contribution is 2.18. The molecule has 0 bridgehead atoms. The SMILES string of the molecule is CCC(CCN)CCc1nc(-c2cnn(C)c2)no1. The fourth-order valence-corrected chi connectivity index (χ4v) is 2.13. The molecular formula is C13H21N5O. The second-order valence-corrected chi connectivity index (χ2v) is 4.80. The lowest BCUT2D eigenvalue weighted by molar-refractivity contribution is 0.354. The van der Waals surface area contributed by atoms with Crippen LogP contribution in [0.25, 0.3) is 11.4 Å². The average molecular weight is 263 g/mol. The summed E-state index contributed by atoms with van der Waals surface area (Å²) in [7, 11) is 1.86. The van der Waals surface area contributed by atoms with Crippen LogP contribution in [-0.2, 0) is 13.5 Å². The Hall–Kier alpha value is -1.69. The molecule has 2 rings (SSSR count). The van der Waals surface area contributed by atoms with Crippen LogP contribution < -0.4 is 5.73 Å². The molecule has 6 nitrogen and oxygen atoms in total. The highest BCUT2D eigenvalue weighted by atomic mass is 16.5. The normalized spacial score (nSPS) is 12.8. The average Bonchev–Trinajstić information content (AvgIpc) is 3.03. The van der Waals surface area contributed by atoms with Crippen molar-refractivity contribution in [2.24, 2.45) is 18.7 Å². The van der Waals surface area contributed by atoms with E-state index >= 15 is 0 Å². The Balaban J connectivity index is 1.94. The van der Waals surface area contributed by atoms with Crippen molar-refractivity contribution in [1.82, 2.24) is 19.9 Å². The van der Waals surface area contributed by atoms with Gasteiger partial charge < -0.3 is 10.3 Å². The Morgan fingerprint density at radius 1 is 1.42 bits per heavy atom. The van der Waals surface area contributed by atoms with E-state index < -0.39 is 0 Å². The first-order chi connectivity index (χ1) is 9.22. The van der Waals surface area contributed by atoms with Crippen LogP contribution in [0, 0.1) is 5.92 Å². The van der Waals surface area contributed by atoms with E-state index in [1.807, 2.05) is 13.2 Å². The highest BCUT2D eigenvalue weighted by molar-refractivity contribution is 5.50. The van der Waals surface area contributed by atoms with Crippen molar-refractivity contribution in [2.45, 2.75) is 32.6 Å². The fraction of sp³-hybridized carbons (Fsp3) is 0.615. The van der Waals surface area contributed by atoms with E-state index in [2.05, 4.69) is 22.2 Å². The third-order valence-corrected chi connectivity index (χ3v) is 3.35. The third-order valence-electron chi connectivity index (χ3n) is 3.35. The van der Waals surface area contributed by atoms with Crippen molar-refractivity contribution in [3.63, 3.8) is 0 Å². The molecule has 2 aromatic heterocycles. The Morgan fingerprint density at radius 2 is 2.26 bits per heavy atom. The van der Waals surface area contributed by atoms with Crippen LogP contribution in [0.5, 0.6) is 0 Å². The molecule has 2 aromatic rings.